The van der Waals surface area contributed by atoms with E-state index in [2.05, 4.69) is 0 Å². The smallest absolute Gasteiger partial charge is 0.282 e. The Morgan fingerprint density at radius 2 is 1.53 bits per heavy atom. The van der Waals surface area contributed by atoms with Gasteiger partial charge in [0.15, 0.2) is 17.4 Å². The first-order valence-electron chi connectivity index (χ1n) is 4.04. The minimum absolute atomic E-state index is 0. The van der Waals surface area contributed by atoms with E-state index in [0.717, 1.165) is 5.39 Å². The van der Waals surface area contributed by atoms with Crippen LogP contribution >= 0.6 is 0 Å². The molecule has 0 unspecified atom stereocenters. The van der Waals surface area contributed by atoms with Crippen LogP contribution in [0.2, 0.25) is 0 Å². The maximum absolute atomic E-state index is 11.0. The van der Waals surface area contributed by atoms with Crippen LogP contribution in [0.4, 0.5) is 0 Å². The summed E-state index contributed by atoms with van der Waals surface area (Å²) in [5, 5.41) is 1.33. The topological polar surface area (TPSA) is 54.4 Å². The molecule has 0 aromatic heterocycles. The Hall–Kier alpha value is -0.858. The second-order valence-corrected chi connectivity index (χ2v) is 4.34. The van der Waals surface area contributed by atoms with E-state index < -0.39 is 10.1 Å². The average Bonchev–Trinajstić information content (AvgIpc) is 2.15. The fourth-order valence-corrected chi connectivity index (χ4v) is 2.13. The summed E-state index contributed by atoms with van der Waals surface area (Å²) in [6, 6.07) is 11.8. The first-order valence-corrected chi connectivity index (χ1v) is 5.48. The van der Waals surface area contributed by atoms with Gasteiger partial charge >= 0.3 is 0 Å². The van der Waals surface area contributed by atoms with Crippen LogP contribution in [0.1, 0.15) is 0 Å². The maximum atomic E-state index is 11.0. The molecule has 2 aromatic carbocycles. The summed E-state index contributed by atoms with van der Waals surface area (Å²) in [6.07, 6.45) is 0. The molecule has 0 spiro atoms. The molecule has 0 saturated heterocycles. The molecule has 1 N–H and O–H groups in total. The van der Waals surface area contributed by atoms with Crippen LogP contribution in [0.3, 0.4) is 0 Å². The summed E-state index contributed by atoms with van der Waals surface area (Å²) < 4.78 is 31.0. The van der Waals surface area contributed by atoms with E-state index in [9.17, 15) is 8.42 Å². The number of hydrogen-bond acceptors (Lipinski definition) is 2. The summed E-state index contributed by atoms with van der Waals surface area (Å²) in [7, 11) is -4.13. The zero-order chi connectivity index (χ0) is 10.2. The van der Waals surface area contributed by atoms with Gasteiger partial charge in [0.1, 0.15) is 4.90 Å². The quantitative estimate of drug-likeness (QED) is 0.593. The van der Waals surface area contributed by atoms with Crippen LogP contribution in [0.5, 0.6) is 0 Å². The number of hydrogen-bond donors (Lipinski definition) is 1. The van der Waals surface area contributed by atoms with E-state index in [4.69, 9.17) is 4.55 Å². The normalized spacial score (nSPS) is 11.0. The van der Waals surface area contributed by atoms with E-state index in [-0.39, 0.29) is 22.3 Å². The van der Waals surface area contributed by atoms with Crippen LogP contribution < -0.4 is 0 Å². The van der Waals surface area contributed by atoms with Crippen molar-refractivity contribution in [3.05, 3.63) is 42.5 Å². The zero-order valence-corrected chi connectivity index (χ0v) is 8.03. The van der Waals surface area contributed by atoms with E-state index in [1.807, 2.05) is 6.07 Å². The lowest BCUT2D eigenvalue weighted by atomic mass is 10.1. The molecule has 0 heterocycles. The van der Waals surface area contributed by atoms with Crippen molar-refractivity contribution in [2.75, 3.05) is 0 Å². The molecule has 5 heteroatoms. The van der Waals surface area contributed by atoms with Crippen LogP contribution in [-0.2, 0) is 10.1 Å². The predicted molar refractivity (Wildman–Crippen MR) is 63.7 cm³/mol. The molecule has 2 aromatic rings. The molecule has 0 fully saturated rings. The van der Waals surface area contributed by atoms with Gasteiger partial charge in [-0.05, 0) is 11.5 Å². The molecule has 0 aliphatic heterocycles. The van der Waals surface area contributed by atoms with Crippen molar-refractivity contribution in [3.63, 3.8) is 0 Å². The monoisotopic (exact) mass is 238 g/mol. The Morgan fingerprint density at radius 3 is 2.20 bits per heavy atom. The van der Waals surface area contributed by atoms with Gasteiger partial charge in [-0.25, -0.2) is 0 Å². The molecule has 3 nitrogen and oxygen atoms in total. The van der Waals surface area contributed by atoms with Crippen LogP contribution in [0.25, 0.3) is 10.8 Å². The van der Waals surface area contributed by atoms with Crippen molar-refractivity contribution in [2.45, 2.75) is 4.90 Å². The SMILES string of the molecule is O=S(=O)(O)c1cccc2ccccc12.[AlH3]. The summed E-state index contributed by atoms with van der Waals surface area (Å²) in [5.74, 6) is 0. The van der Waals surface area contributed by atoms with E-state index in [0.29, 0.717) is 5.39 Å². The molecule has 2 rings (SSSR count). The maximum Gasteiger partial charge on any atom is 0.295 e. The molecule has 0 aliphatic rings. The fraction of sp³-hybridized carbons (Fsp3) is 0. The molecule has 78 valence electrons. The van der Waals surface area contributed by atoms with E-state index in [1.165, 1.54) is 6.07 Å². The summed E-state index contributed by atoms with van der Waals surface area (Å²) in [5.41, 5.74) is 0. The minimum atomic E-state index is -4.13. The second kappa shape index (κ2) is 4.33. The van der Waals surface area contributed by atoms with Crippen molar-refractivity contribution in [2.24, 2.45) is 0 Å². The highest BCUT2D eigenvalue weighted by atomic mass is 32.2. The van der Waals surface area contributed by atoms with Gasteiger partial charge in [-0.2, -0.15) is 8.42 Å². The summed E-state index contributed by atoms with van der Waals surface area (Å²) in [4.78, 5) is -0.0457. The molecule has 0 radical (unpaired) electrons. The highest BCUT2D eigenvalue weighted by Crippen LogP contribution is 2.21. The molecule has 0 saturated carbocycles. The summed E-state index contributed by atoms with van der Waals surface area (Å²) in [6.45, 7) is 0. The first kappa shape index (κ1) is 12.2. The summed E-state index contributed by atoms with van der Waals surface area (Å²) >= 11 is 0. The molecule has 0 amide bonds. The van der Waals surface area contributed by atoms with Crippen LogP contribution in [0.15, 0.2) is 47.4 Å². The first-order chi connectivity index (χ1) is 6.59. The lowest BCUT2D eigenvalue weighted by Crippen LogP contribution is -1.98. The Balaban J connectivity index is 0.00000112. The van der Waals surface area contributed by atoms with Crippen molar-refractivity contribution in [3.8, 4) is 0 Å². The Kier molecular flexibility index (Phi) is 3.53. The zero-order valence-electron chi connectivity index (χ0n) is 7.21. The largest absolute Gasteiger partial charge is 0.295 e. The second-order valence-electron chi connectivity index (χ2n) is 2.95. The molecular formula is C10H11AlO3S. The van der Waals surface area contributed by atoms with E-state index in [1.54, 1.807) is 30.3 Å². The highest BCUT2D eigenvalue weighted by Gasteiger charge is 2.12. The molecule has 0 aliphatic carbocycles. The van der Waals surface area contributed by atoms with Crippen molar-refractivity contribution in [1.82, 2.24) is 0 Å². The number of benzene rings is 2. The van der Waals surface area contributed by atoms with Gasteiger partial charge in [0.25, 0.3) is 10.1 Å². The van der Waals surface area contributed by atoms with Gasteiger partial charge in [0.2, 0.25) is 0 Å². The van der Waals surface area contributed by atoms with E-state index >= 15 is 0 Å². The van der Waals surface area contributed by atoms with Gasteiger partial charge in [-0.3, -0.25) is 4.55 Å². The Labute approximate surface area is 98.6 Å². The standard InChI is InChI=1S/C10H8O3S.Al.3H/c11-14(12,13)10-7-3-5-8-4-1-2-6-9(8)10;;;;/h1-7H,(H,11,12,13);;;;. The fourth-order valence-electron chi connectivity index (χ4n) is 1.42. The molecule has 0 bridgehead atoms. The van der Waals surface area contributed by atoms with Gasteiger partial charge in [-0.1, -0.05) is 36.4 Å². The van der Waals surface area contributed by atoms with Crippen molar-refractivity contribution in [1.29, 1.82) is 0 Å². The molecular weight excluding hydrogens is 227 g/mol. The predicted octanol–water partition coefficient (Wildman–Crippen LogP) is 0.903. The molecule has 15 heavy (non-hydrogen) atoms. The van der Waals surface area contributed by atoms with Gasteiger partial charge < -0.3 is 0 Å². The molecule has 0 atom stereocenters. The lowest BCUT2D eigenvalue weighted by molar-refractivity contribution is 0.484. The van der Waals surface area contributed by atoms with Crippen molar-refractivity contribution >= 4 is 38.3 Å². The third-order valence-electron chi connectivity index (χ3n) is 2.03. The van der Waals surface area contributed by atoms with Crippen LogP contribution in [0, 0.1) is 0 Å². The lowest BCUT2D eigenvalue weighted by Gasteiger charge is -2.02. The highest BCUT2D eigenvalue weighted by molar-refractivity contribution is 7.86. The van der Waals surface area contributed by atoms with Crippen molar-refractivity contribution < 1.29 is 13.0 Å². The number of fused-ring (bicyclic) bond motifs is 1. The van der Waals surface area contributed by atoms with Gasteiger partial charge in [0.05, 0.1) is 0 Å². The number of rotatable bonds is 1. The van der Waals surface area contributed by atoms with Gasteiger partial charge in [0, 0.05) is 5.39 Å². The Bertz CT molecular complexity index is 573. The Morgan fingerprint density at radius 1 is 0.933 bits per heavy atom. The minimum Gasteiger partial charge on any atom is -0.282 e. The van der Waals surface area contributed by atoms with Gasteiger partial charge in [-0.15, -0.1) is 0 Å². The average molecular weight is 238 g/mol. The third-order valence-corrected chi connectivity index (χ3v) is 2.94. The van der Waals surface area contributed by atoms with Crippen LogP contribution in [-0.4, -0.2) is 30.3 Å². The third kappa shape index (κ3) is 2.39.